The second kappa shape index (κ2) is 6.27. The first-order valence-electron chi connectivity index (χ1n) is 8.91. The fourth-order valence-electron chi connectivity index (χ4n) is 3.53. The molecule has 2 aromatic carbocycles. The Morgan fingerprint density at radius 2 is 2.21 bits per heavy atom. The highest BCUT2D eigenvalue weighted by atomic mass is 32.1. The fraction of sp³-hybridized carbons (Fsp3) is 0.250. The average Bonchev–Trinajstić information content (AvgIpc) is 3.06. The van der Waals surface area contributed by atoms with Gasteiger partial charge in [-0.1, -0.05) is 17.4 Å². The third-order valence-corrected chi connectivity index (χ3v) is 6.01. The summed E-state index contributed by atoms with van der Waals surface area (Å²) < 4.78 is 19.5. The van der Waals surface area contributed by atoms with Gasteiger partial charge >= 0.3 is 0 Å². The summed E-state index contributed by atoms with van der Waals surface area (Å²) in [5.74, 6) is -0.0689. The van der Waals surface area contributed by atoms with Crippen molar-refractivity contribution in [1.29, 1.82) is 0 Å². The molecule has 8 heteroatoms. The van der Waals surface area contributed by atoms with E-state index in [0.29, 0.717) is 11.6 Å². The van der Waals surface area contributed by atoms with Crippen LogP contribution in [0.1, 0.15) is 12.0 Å². The number of carbonyl (C=O) groups is 1. The Morgan fingerprint density at radius 3 is 2.96 bits per heavy atom. The van der Waals surface area contributed by atoms with Crippen LogP contribution in [0.4, 0.5) is 9.52 Å². The zero-order valence-corrected chi connectivity index (χ0v) is 16.1. The Kier molecular flexibility index (Phi) is 3.83. The summed E-state index contributed by atoms with van der Waals surface area (Å²) in [6.45, 7) is 2.04. The van der Waals surface area contributed by atoms with Gasteiger partial charge in [0.2, 0.25) is 5.91 Å². The van der Waals surface area contributed by atoms with E-state index in [2.05, 4.69) is 26.6 Å². The van der Waals surface area contributed by atoms with E-state index >= 15 is 0 Å². The molecule has 0 radical (unpaired) electrons. The van der Waals surface area contributed by atoms with Gasteiger partial charge in [0.25, 0.3) is 0 Å². The second-order valence-electron chi connectivity index (χ2n) is 6.98. The van der Waals surface area contributed by atoms with Crippen LogP contribution in [-0.4, -0.2) is 34.4 Å². The number of alkyl halides is 1. The lowest BCUT2D eigenvalue weighted by molar-refractivity contribution is -0.117. The number of rotatable bonds is 4. The molecule has 4 aromatic rings. The van der Waals surface area contributed by atoms with Gasteiger partial charge in [-0.2, -0.15) is 5.10 Å². The standard InChI is InChI=1S/C20H17FN4O2S/c1-9-5-15(27-2)18-12(8-22-25-18)17(9)10-3-4-14-16(6-10)28-20(23-14)24-19(26)11-7-13(11)21/h3-6,8,11,13H,7H2,1-2H3,(H,22,25)(H,23,24,26)/t11-,13+/m1/s1. The maximum absolute atomic E-state index is 13.1. The lowest BCUT2D eigenvalue weighted by Gasteiger charge is -2.11. The van der Waals surface area contributed by atoms with Gasteiger partial charge < -0.3 is 10.1 Å². The van der Waals surface area contributed by atoms with E-state index in [1.807, 2.05) is 25.1 Å². The quantitative estimate of drug-likeness (QED) is 0.534. The first-order valence-corrected chi connectivity index (χ1v) is 9.73. The maximum Gasteiger partial charge on any atom is 0.232 e. The van der Waals surface area contributed by atoms with Crippen LogP contribution in [-0.2, 0) is 4.79 Å². The van der Waals surface area contributed by atoms with Crippen molar-refractivity contribution < 1.29 is 13.9 Å². The van der Waals surface area contributed by atoms with Crippen LogP contribution in [0.25, 0.3) is 32.2 Å². The predicted octanol–water partition coefficient (Wildman–Crippen LogP) is 4.45. The van der Waals surface area contributed by atoms with Crippen molar-refractivity contribution in [3.05, 3.63) is 36.0 Å². The van der Waals surface area contributed by atoms with Crippen LogP contribution in [0.5, 0.6) is 5.75 Å². The number of hydrogen-bond acceptors (Lipinski definition) is 5. The zero-order valence-electron chi connectivity index (χ0n) is 15.2. The van der Waals surface area contributed by atoms with Gasteiger partial charge in [-0.25, -0.2) is 9.37 Å². The molecule has 5 rings (SSSR count). The Bertz CT molecular complexity index is 1230. The van der Waals surface area contributed by atoms with Crippen LogP contribution < -0.4 is 10.1 Å². The minimum Gasteiger partial charge on any atom is -0.494 e. The summed E-state index contributed by atoms with van der Waals surface area (Å²) in [6.07, 6.45) is 1.08. The van der Waals surface area contributed by atoms with Crippen molar-refractivity contribution >= 4 is 43.5 Å². The van der Waals surface area contributed by atoms with Gasteiger partial charge in [-0.15, -0.1) is 0 Å². The molecule has 28 heavy (non-hydrogen) atoms. The number of benzene rings is 2. The highest BCUT2D eigenvalue weighted by molar-refractivity contribution is 7.22. The van der Waals surface area contributed by atoms with Gasteiger partial charge in [0.05, 0.1) is 29.4 Å². The molecule has 0 spiro atoms. The molecule has 0 saturated heterocycles. The molecular weight excluding hydrogens is 379 g/mol. The highest BCUT2D eigenvalue weighted by Gasteiger charge is 2.43. The van der Waals surface area contributed by atoms with Gasteiger partial charge in [-0.3, -0.25) is 9.89 Å². The molecule has 2 heterocycles. The number of hydrogen-bond donors (Lipinski definition) is 2. The van der Waals surface area contributed by atoms with E-state index in [-0.39, 0.29) is 5.91 Å². The molecule has 0 aliphatic heterocycles. The lowest BCUT2D eigenvalue weighted by Crippen LogP contribution is -2.14. The largest absolute Gasteiger partial charge is 0.494 e. The highest BCUT2D eigenvalue weighted by Crippen LogP contribution is 2.39. The number of H-pyrrole nitrogens is 1. The Morgan fingerprint density at radius 1 is 1.39 bits per heavy atom. The van der Waals surface area contributed by atoms with Crippen molar-refractivity contribution in [2.24, 2.45) is 5.92 Å². The first kappa shape index (κ1) is 17.1. The molecule has 1 aliphatic carbocycles. The van der Waals surface area contributed by atoms with Crippen LogP contribution >= 0.6 is 11.3 Å². The van der Waals surface area contributed by atoms with E-state index in [0.717, 1.165) is 43.6 Å². The molecule has 0 bridgehead atoms. The number of methoxy groups -OCH3 is 1. The summed E-state index contributed by atoms with van der Waals surface area (Å²) in [4.78, 5) is 16.4. The van der Waals surface area contributed by atoms with E-state index in [9.17, 15) is 9.18 Å². The normalized spacial score (nSPS) is 18.5. The number of nitrogens with zero attached hydrogens (tertiary/aromatic N) is 2. The number of aromatic nitrogens is 3. The van der Waals surface area contributed by atoms with Crippen LogP contribution in [0.2, 0.25) is 0 Å². The molecular formula is C20H17FN4O2S. The smallest absolute Gasteiger partial charge is 0.232 e. The molecule has 2 N–H and O–H groups in total. The number of aromatic amines is 1. The van der Waals surface area contributed by atoms with Crippen LogP contribution in [0.15, 0.2) is 30.5 Å². The molecule has 2 atom stereocenters. The van der Waals surface area contributed by atoms with E-state index in [1.165, 1.54) is 11.3 Å². The number of fused-ring (bicyclic) bond motifs is 2. The first-order chi connectivity index (χ1) is 13.5. The third kappa shape index (κ3) is 2.72. The number of anilines is 1. The number of ether oxygens (including phenoxy) is 1. The summed E-state index contributed by atoms with van der Waals surface area (Å²) in [5, 5.41) is 11.4. The topological polar surface area (TPSA) is 79.9 Å². The lowest BCUT2D eigenvalue weighted by atomic mass is 9.96. The van der Waals surface area contributed by atoms with Gasteiger partial charge in [0.1, 0.15) is 17.4 Å². The van der Waals surface area contributed by atoms with E-state index in [4.69, 9.17) is 4.74 Å². The monoisotopic (exact) mass is 396 g/mol. The van der Waals surface area contributed by atoms with E-state index < -0.39 is 12.1 Å². The summed E-state index contributed by atoms with van der Waals surface area (Å²) in [7, 11) is 1.64. The molecule has 142 valence electrons. The number of nitrogens with one attached hydrogen (secondary N) is 2. The number of halogens is 1. The molecule has 1 aliphatic rings. The summed E-state index contributed by atoms with van der Waals surface area (Å²) in [5.41, 5.74) is 4.83. The Labute approximate surface area is 163 Å². The Hall–Kier alpha value is -3.00. The zero-order chi connectivity index (χ0) is 19.4. The van der Waals surface area contributed by atoms with Crippen molar-refractivity contribution in [2.75, 3.05) is 12.4 Å². The maximum atomic E-state index is 13.1. The molecule has 6 nitrogen and oxygen atoms in total. The molecule has 2 aromatic heterocycles. The number of amides is 1. The third-order valence-electron chi connectivity index (χ3n) is 5.07. The van der Waals surface area contributed by atoms with E-state index in [1.54, 1.807) is 13.3 Å². The van der Waals surface area contributed by atoms with Gasteiger partial charge in [0.15, 0.2) is 5.13 Å². The minimum atomic E-state index is -1.02. The SMILES string of the molecule is COc1cc(C)c(-c2ccc3nc(NC(=O)[C@@H]4C[C@@H]4F)sc3c2)c2cn[nH]c12. The van der Waals surface area contributed by atoms with Gasteiger partial charge in [0, 0.05) is 5.39 Å². The average molecular weight is 396 g/mol. The second-order valence-corrected chi connectivity index (χ2v) is 8.01. The summed E-state index contributed by atoms with van der Waals surface area (Å²) >= 11 is 1.39. The molecule has 1 amide bonds. The Balaban J connectivity index is 1.55. The number of thiazole rings is 1. The molecule has 0 unspecified atom stereocenters. The van der Waals surface area contributed by atoms with Crippen molar-refractivity contribution in [3.63, 3.8) is 0 Å². The van der Waals surface area contributed by atoms with Crippen LogP contribution in [0.3, 0.4) is 0 Å². The predicted molar refractivity (Wildman–Crippen MR) is 108 cm³/mol. The van der Waals surface area contributed by atoms with Crippen molar-refractivity contribution in [1.82, 2.24) is 15.2 Å². The van der Waals surface area contributed by atoms with Crippen LogP contribution in [0, 0.1) is 12.8 Å². The number of aryl methyl sites for hydroxylation is 1. The minimum absolute atomic E-state index is 0.294. The summed E-state index contributed by atoms with van der Waals surface area (Å²) in [6, 6.07) is 7.98. The van der Waals surface area contributed by atoms with Crippen molar-refractivity contribution in [2.45, 2.75) is 19.5 Å². The van der Waals surface area contributed by atoms with Crippen molar-refractivity contribution in [3.8, 4) is 16.9 Å². The van der Waals surface area contributed by atoms with Gasteiger partial charge in [-0.05, 0) is 48.2 Å². The fourth-order valence-corrected chi connectivity index (χ4v) is 4.44. The number of carbonyl (C=O) groups excluding carboxylic acids is 1. The molecule has 1 saturated carbocycles. The molecule has 1 fully saturated rings.